The molecule has 3 aromatic heterocycles. The van der Waals surface area contributed by atoms with Crippen molar-refractivity contribution in [3.63, 3.8) is 0 Å². The molecule has 2 aliphatic rings. The molecule has 4 N–H and O–H groups in total. The van der Waals surface area contributed by atoms with Crippen LogP contribution in [0, 0.1) is 5.41 Å². The lowest BCUT2D eigenvalue weighted by Gasteiger charge is -2.37. The van der Waals surface area contributed by atoms with Gasteiger partial charge in [0.2, 0.25) is 5.91 Å². The van der Waals surface area contributed by atoms with E-state index in [0.717, 1.165) is 28.8 Å². The maximum absolute atomic E-state index is 12.9. The number of fused-ring (bicyclic) bond motifs is 1. The van der Waals surface area contributed by atoms with E-state index < -0.39 is 18.6 Å². The first-order chi connectivity index (χ1) is 18.3. The van der Waals surface area contributed by atoms with Gasteiger partial charge < -0.3 is 20.8 Å². The number of aliphatic hydroxyl groups is 2. The van der Waals surface area contributed by atoms with Crippen LogP contribution in [0.5, 0.6) is 0 Å². The number of amides is 1. The number of ketones is 1. The minimum absolute atomic E-state index is 0.0997. The lowest BCUT2D eigenvalue weighted by molar-refractivity contribution is -0.147. The minimum Gasteiger partial charge on any atom is -0.395 e. The Kier molecular flexibility index (Phi) is 6.80. The van der Waals surface area contributed by atoms with E-state index >= 15 is 0 Å². The van der Waals surface area contributed by atoms with E-state index in [1.54, 1.807) is 24.2 Å². The molecule has 0 spiro atoms. The van der Waals surface area contributed by atoms with Gasteiger partial charge >= 0.3 is 0 Å². The van der Waals surface area contributed by atoms with E-state index in [9.17, 15) is 19.8 Å². The lowest BCUT2D eigenvalue weighted by atomic mass is 9.86. The number of aliphatic imine (C=N–C) groups is 1. The fourth-order valence-corrected chi connectivity index (χ4v) is 5.08. The number of nitrogens with two attached hydrogens (primary N) is 1. The van der Waals surface area contributed by atoms with Crippen LogP contribution in [0.15, 0.2) is 35.7 Å². The number of hydrogen-bond acceptors (Lipinski definition) is 9. The molecule has 0 bridgehead atoms. The quantitative estimate of drug-likeness (QED) is 0.402. The summed E-state index contributed by atoms with van der Waals surface area (Å²) in [5.74, 6) is -0.358. The van der Waals surface area contributed by atoms with Gasteiger partial charge in [-0.3, -0.25) is 19.6 Å². The first-order valence-electron chi connectivity index (χ1n) is 12.6. The normalized spacial score (nSPS) is 16.3. The molecule has 0 aromatic carbocycles. The van der Waals surface area contributed by atoms with Gasteiger partial charge in [0.05, 0.1) is 41.8 Å². The Morgan fingerprint density at radius 2 is 1.89 bits per heavy atom. The van der Waals surface area contributed by atoms with Crippen LogP contribution in [0.3, 0.4) is 0 Å². The van der Waals surface area contributed by atoms with Crippen molar-refractivity contribution >= 4 is 34.9 Å². The van der Waals surface area contributed by atoms with Crippen LogP contribution in [0.1, 0.15) is 60.8 Å². The molecule has 1 amide bonds. The summed E-state index contributed by atoms with van der Waals surface area (Å²) in [6.45, 7) is 2.98. The summed E-state index contributed by atoms with van der Waals surface area (Å²) in [6, 6.07) is 3.89. The van der Waals surface area contributed by atoms with Gasteiger partial charge in [-0.15, -0.1) is 0 Å². The summed E-state index contributed by atoms with van der Waals surface area (Å²) in [5.41, 5.74) is 10.2. The molecule has 11 nitrogen and oxygen atoms in total. The molecule has 11 heteroatoms. The number of Topliss-reactive ketones (excluding diaryl/α,β-unsaturated/α-hetero) is 1. The molecule has 5 heterocycles. The third-order valence-corrected chi connectivity index (χ3v) is 7.50. The predicted molar refractivity (Wildman–Crippen MR) is 143 cm³/mol. The van der Waals surface area contributed by atoms with Crippen molar-refractivity contribution in [2.75, 3.05) is 32.0 Å². The highest BCUT2D eigenvalue weighted by Gasteiger charge is 2.38. The Labute approximate surface area is 219 Å². The molecule has 0 radical (unpaired) electrons. The second-order valence-corrected chi connectivity index (χ2v) is 10.2. The summed E-state index contributed by atoms with van der Waals surface area (Å²) >= 11 is 0. The molecule has 0 aliphatic carbocycles. The topological polar surface area (TPSA) is 159 Å². The zero-order valence-corrected chi connectivity index (χ0v) is 21.5. The van der Waals surface area contributed by atoms with Crippen molar-refractivity contribution in [1.29, 1.82) is 0 Å². The van der Waals surface area contributed by atoms with Gasteiger partial charge in [-0.05, 0) is 32.8 Å². The van der Waals surface area contributed by atoms with Crippen LogP contribution in [0.2, 0.25) is 0 Å². The molecule has 0 unspecified atom stereocenters. The second kappa shape index (κ2) is 10.1. The standard InChI is InChI=1S/C27H31N7O4/c1-16(37)22-23(17-6-9-33(10-7-17)26(38)27(2,14-35)15-36)32-25-20(13-31-34(25)24(22)28)18-3-4-21(30-12-18)19-5-8-29-11-19/h3-4,8,11-13,17,35-36H,5-7,9-10,14-15,28H2,1-2H3. The summed E-state index contributed by atoms with van der Waals surface area (Å²) < 4.78 is 1.49. The fraction of sp³-hybridized carbons (Fsp3) is 0.407. The van der Waals surface area contributed by atoms with Crippen LogP contribution in [-0.2, 0) is 4.79 Å². The maximum atomic E-state index is 12.9. The van der Waals surface area contributed by atoms with Gasteiger partial charge in [-0.25, -0.2) is 4.98 Å². The van der Waals surface area contributed by atoms with E-state index in [2.05, 4.69) is 15.1 Å². The van der Waals surface area contributed by atoms with Crippen LogP contribution in [0.4, 0.5) is 5.82 Å². The van der Waals surface area contributed by atoms with Gasteiger partial charge in [0.25, 0.3) is 0 Å². The molecule has 1 fully saturated rings. The monoisotopic (exact) mass is 517 g/mol. The number of pyridine rings is 1. The molecule has 2 aliphatic heterocycles. The van der Waals surface area contributed by atoms with Crippen molar-refractivity contribution in [2.24, 2.45) is 10.4 Å². The second-order valence-electron chi connectivity index (χ2n) is 10.2. The van der Waals surface area contributed by atoms with Crippen molar-refractivity contribution < 1.29 is 19.8 Å². The van der Waals surface area contributed by atoms with Crippen LogP contribution >= 0.6 is 0 Å². The predicted octanol–water partition coefficient (Wildman–Crippen LogP) is 2.09. The Morgan fingerprint density at radius 1 is 1.16 bits per heavy atom. The Hall–Kier alpha value is -3.96. The van der Waals surface area contributed by atoms with Crippen LogP contribution < -0.4 is 5.73 Å². The van der Waals surface area contributed by atoms with Crippen molar-refractivity contribution in [3.8, 4) is 11.1 Å². The number of rotatable bonds is 7. The third-order valence-electron chi connectivity index (χ3n) is 7.50. The molecular weight excluding hydrogens is 486 g/mol. The van der Waals surface area contributed by atoms with Gasteiger partial charge in [0, 0.05) is 60.7 Å². The highest BCUT2D eigenvalue weighted by Crippen LogP contribution is 2.35. The average Bonchev–Trinajstić information content (AvgIpc) is 3.63. The van der Waals surface area contributed by atoms with E-state index in [4.69, 9.17) is 10.7 Å². The van der Waals surface area contributed by atoms with Gasteiger partial charge in [-0.2, -0.15) is 9.61 Å². The summed E-state index contributed by atoms with van der Waals surface area (Å²) in [5, 5.41) is 23.7. The van der Waals surface area contributed by atoms with E-state index in [-0.39, 0.29) is 23.4 Å². The molecule has 3 aromatic rings. The Morgan fingerprint density at radius 3 is 2.47 bits per heavy atom. The maximum Gasteiger partial charge on any atom is 0.233 e. The van der Waals surface area contributed by atoms with Gasteiger partial charge in [-0.1, -0.05) is 6.07 Å². The number of carbonyl (C=O) groups excluding carboxylic acids is 2. The lowest BCUT2D eigenvalue weighted by Crippen LogP contribution is -2.49. The largest absolute Gasteiger partial charge is 0.395 e. The first-order valence-corrected chi connectivity index (χ1v) is 12.6. The number of carbonyl (C=O) groups is 2. The third kappa shape index (κ3) is 4.37. The SMILES string of the molecule is CC(=O)c1c(C2CCN(C(=O)C(C)(CO)CO)CC2)nc2c(-c3ccc(C4=CN=CC4)nc3)cnn2c1N. The van der Waals surface area contributed by atoms with Crippen LogP contribution in [-0.4, -0.2) is 78.9 Å². The summed E-state index contributed by atoms with van der Waals surface area (Å²) in [7, 11) is 0. The van der Waals surface area contributed by atoms with Crippen LogP contribution in [0.25, 0.3) is 22.3 Å². The van der Waals surface area contributed by atoms with Crippen molar-refractivity contribution in [1.82, 2.24) is 24.5 Å². The molecule has 0 saturated carbocycles. The molecule has 198 valence electrons. The fourth-order valence-electron chi connectivity index (χ4n) is 5.08. The Balaban J connectivity index is 1.47. The smallest absolute Gasteiger partial charge is 0.233 e. The minimum atomic E-state index is -1.23. The number of aromatic nitrogens is 4. The number of nitrogen functional groups attached to an aromatic ring is 1. The van der Waals surface area contributed by atoms with E-state index in [1.807, 2.05) is 24.5 Å². The molecule has 5 rings (SSSR count). The first kappa shape index (κ1) is 25.7. The molecule has 0 atom stereocenters. The molecule has 1 saturated heterocycles. The number of aliphatic hydroxyl groups excluding tert-OH is 2. The van der Waals surface area contributed by atoms with E-state index in [1.165, 1.54) is 11.4 Å². The van der Waals surface area contributed by atoms with Gasteiger partial charge in [0.1, 0.15) is 5.82 Å². The average molecular weight is 518 g/mol. The Bertz CT molecular complexity index is 1450. The van der Waals surface area contributed by atoms with E-state index in [0.29, 0.717) is 42.8 Å². The van der Waals surface area contributed by atoms with Crippen molar-refractivity contribution in [3.05, 3.63) is 47.7 Å². The summed E-state index contributed by atoms with van der Waals surface area (Å²) in [4.78, 5) is 40.9. The number of hydrogen-bond donors (Lipinski definition) is 3. The zero-order chi connectivity index (χ0) is 27.0. The zero-order valence-electron chi connectivity index (χ0n) is 21.5. The number of allylic oxidation sites excluding steroid dienone is 1. The number of nitrogens with zero attached hydrogens (tertiary/aromatic N) is 6. The highest BCUT2D eigenvalue weighted by molar-refractivity contribution is 6.00. The van der Waals surface area contributed by atoms with Gasteiger partial charge in [0.15, 0.2) is 11.4 Å². The number of anilines is 1. The summed E-state index contributed by atoms with van der Waals surface area (Å²) in [6.07, 6.45) is 8.98. The number of piperidine rings is 1. The number of likely N-dealkylation sites (tertiary alicyclic amines) is 1. The molecule has 38 heavy (non-hydrogen) atoms. The molecular formula is C27H31N7O4. The van der Waals surface area contributed by atoms with Crippen molar-refractivity contribution in [2.45, 2.75) is 39.0 Å². The highest BCUT2D eigenvalue weighted by atomic mass is 16.3.